The van der Waals surface area contributed by atoms with E-state index in [4.69, 9.17) is 4.74 Å². The van der Waals surface area contributed by atoms with E-state index in [1.807, 2.05) is 10.6 Å². The molecule has 0 aliphatic carbocycles. The van der Waals surface area contributed by atoms with Crippen molar-refractivity contribution in [2.75, 3.05) is 0 Å². The van der Waals surface area contributed by atoms with Crippen molar-refractivity contribution >= 4 is 23.2 Å². The second-order valence-electron chi connectivity index (χ2n) is 3.89. The zero-order chi connectivity index (χ0) is 13.1. The molecular weight excluding hydrogens is 230 g/mol. The highest BCUT2D eigenvalue weighted by Crippen LogP contribution is 2.30. The topological polar surface area (TPSA) is 48.3 Å². The average molecular weight is 243 g/mol. The first-order valence-corrected chi connectivity index (χ1v) is 5.53. The number of nitrogens with zero attached hydrogens (tertiary/aromatic N) is 1. The smallest absolute Gasteiger partial charge is 0.308 e. The maximum atomic E-state index is 11.1. The Bertz CT molecular complexity index is 625. The van der Waals surface area contributed by atoms with Crippen LogP contribution in [-0.4, -0.2) is 16.8 Å². The quantitative estimate of drug-likeness (QED) is 0.359. The van der Waals surface area contributed by atoms with Crippen molar-refractivity contribution in [2.24, 2.45) is 0 Å². The standard InChI is InChI=1S/C14H13NO3/c1-3-7-15-8-11(9-16)14-12(15)5-4-6-13(14)18-10(2)17/h3-6,8-9H,1,7H2,2H3. The van der Waals surface area contributed by atoms with Gasteiger partial charge in [0.1, 0.15) is 5.75 Å². The van der Waals surface area contributed by atoms with Gasteiger partial charge < -0.3 is 9.30 Å². The van der Waals surface area contributed by atoms with Crippen LogP contribution >= 0.6 is 0 Å². The van der Waals surface area contributed by atoms with E-state index < -0.39 is 5.97 Å². The van der Waals surface area contributed by atoms with Crippen LogP contribution in [0.3, 0.4) is 0 Å². The molecule has 4 nitrogen and oxygen atoms in total. The second kappa shape index (κ2) is 4.87. The zero-order valence-corrected chi connectivity index (χ0v) is 10.1. The van der Waals surface area contributed by atoms with Crippen molar-refractivity contribution in [1.82, 2.24) is 4.57 Å². The highest BCUT2D eigenvalue weighted by molar-refractivity contribution is 6.02. The molecule has 0 saturated carbocycles. The molecule has 0 fully saturated rings. The predicted molar refractivity (Wildman–Crippen MR) is 68.8 cm³/mol. The van der Waals surface area contributed by atoms with Gasteiger partial charge in [-0.1, -0.05) is 12.1 Å². The minimum absolute atomic E-state index is 0.407. The molecule has 0 bridgehead atoms. The molecule has 1 aromatic carbocycles. The first-order valence-electron chi connectivity index (χ1n) is 5.53. The van der Waals surface area contributed by atoms with Gasteiger partial charge in [0.05, 0.1) is 10.9 Å². The van der Waals surface area contributed by atoms with Gasteiger partial charge in [-0.2, -0.15) is 0 Å². The molecule has 0 saturated heterocycles. The van der Waals surface area contributed by atoms with Crippen LogP contribution in [0.5, 0.6) is 5.75 Å². The minimum atomic E-state index is -0.407. The van der Waals surface area contributed by atoms with Crippen LogP contribution in [0.2, 0.25) is 0 Å². The lowest BCUT2D eigenvalue weighted by atomic mass is 10.1. The molecule has 1 aromatic heterocycles. The normalized spacial score (nSPS) is 10.3. The number of allylic oxidation sites excluding steroid dienone is 1. The molecule has 0 aliphatic heterocycles. The van der Waals surface area contributed by atoms with Gasteiger partial charge >= 0.3 is 5.97 Å². The van der Waals surface area contributed by atoms with Crippen LogP contribution < -0.4 is 4.74 Å². The van der Waals surface area contributed by atoms with Crippen molar-refractivity contribution in [3.63, 3.8) is 0 Å². The number of aromatic nitrogens is 1. The fourth-order valence-corrected chi connectivity index (χ4v) is 1.97. The lowest BCUT2D eigenvalue weighted by molar-refractivity contribution is -0.131. The molecule has 0 radical (unpaired) electrons. The van der Waals surface area contributed by atoms with E-state index in [9.17, 15) is 9.59 Å². The molecule has 0 amide bonds. The first-order chi connectivity index (χ1) is 8.67. The van der Waals surface area contributed by atoms with Crippen LogP contribution in [0.1, 0.15) is 17.3 Å². The number of hydrogen-bond donors (Lipinski definition) is 0. The van der Waals surface area contributed by atoms with Crippen molar-refractivity contribution in [2.45, 2.75) is 13.5 Å². The molecule has 0 atom stereocenters. The van der Waals surface area contributed by atoms with E-state index in [1.165, 1.54) is 6.92 Å². The van der Waals surface area contributed by atoms with E-state index in [1.54, 1.807) is 24.4 Å². The van der Waals surface area contributed by atoms with Crippen molar-refractivity contribution in [3.8, 4) is 5.75 Å². The number of rotatable bonds is 4. The summed E-state index contributed by atoms with van der Waals surface area (Å²) >= 11 is 0. The number of fused-ring (bicyclic) bond motifs is 1. The maximum absolute atomic E-state index is 11.1. The van der Waals surface area contributed by atoms with Gasteiger partial charge in [0.2, 0.25) is 0 Å². The Balaban J connectivity index is 2.70. The molecule has 4 heteroatoms. The highest BCUT2D eigenvalue weighted by Gasteiger charge is 2.13. The van der Waals surface area contributed by atoms with Gasteiger partial charge in [0.25, 0.3) is 0 Å². The van der Waals surface area contributed by atoms with E-state index >= 15 is 0 Å². The predicted octanol–water partition coefficient (Wildman–Crippen LogP) is 2.57. The fourth-order valence-electron chi connectivity index (χ4n) is 1.97. The van der Waals surface area contributed by atoms with E-state index in [0.717, 1.165) is 11.8 Å². The lowest BCUT2D eigenvalue weighted by Crippen LogP contribution is -2.02. The molecule has 0 aliphatic rings. The molecule has 0 N–H and O–H groups in total. The summed E-state index contributed by atoms with van der Waals surface area (Å²) in [5.74, 6) is 0.000678. The average Bonchev–Trinajstić information content (AvgIpc) is 2.69. The summed E-state index contributed by atoms with van der Waals surface area (Å²) in [6.45, 7) is 5.60. The Labute approximate surface area is 104 Å². The molecule has 2 aromatic rings. The summed E-state index contributed by atoms with van der Waals surface area (Å²) in [5, 5.41) is 0.657. The zero-order valence-electron chi connectivity index (χ0n) is 10.1. The Morgan fingerprint density at radius 2 is 2.28 bits per heavy atom. The van der Waals surface area contributed by atoms with Gasteiger partial charge in [-0.25, -0.2) is 0 Å². The molecule has 1 heterocycles. The summed E-state index contributed by atoms with van der Waals surface area (Å²) in [5.41, 5.74) is 1.35. The Kier molecular flexibility index (Phi) is 3.28. The third kappa shape index (κ3) is 2.05. The minimum Gasteiger partial charge on any atom is -0.426 e. The largest absolute Gasteiger partial charge is 0.426 e. The number of ether oxygens (including phenoxy) is 1. The molecule has 92 valence electrons. The number of esters is 1. The third-order valence-corrected chi connectivity index (χ3v) is 2.60. The molecule has 18 heavy (non-hydrogen) atoms. The molecule has 0 unspecified atom stereocenters. The van der Waals surface area contributed by atoms with Gasteiger partial charge in [0, 0.05) is 25.2 Å². The lowest BCUT2D eigenvalue weighted by Gasteiger charge is -2.05. The Hall–Kier alpha value is -2.36. The summed E-state index contributed by atoms with van der Waals surface area (Å²) in [6, 6.07) is 5.34. The maximum Gasteiger partial charge on any atom is 0.308 e. The van der Waals surface area contributed by atoms with E-state index in [-0.39, 0.29) is 0 Å². The van der Waals surface area contributed by atoms with Crippen LogP contribution in [0.15, 0.2) is 37.1 Å². The van der Waals surface area contributed by atoms with E-state index in [2.05, 4.69) is 6.58 Å². The number of hydrogen-bond acceptors (Lipinski definition) is 3. The molecular formula is C14H13NO3. The number of aldehydes is 1. The SMILES string of the molecule is C=CCn1cc(C=O)c2c(OC(C)=O)cccc21. The first kappa shape index (κ1) is 12.1. The van der Waals surface area contributed by atoms with Gasteiger partial charge in [-0.3, -0.25) is 9.59 Å². The van der Waals surface area contributed by atoms with Crippen LogP contribution in [0.4, 0.5) is 0 Å². The second-order valence-corrected chi connectivity index (χ2v) is 3.89. The number of carbonyl (C=O) groups excluding carboxylic acids is 2. The van der Waals surface area contributed by atoms with Gasteiger partial charge in [-0.05, 0) is 12.1 Å². The number of benzene rings is 1. The summed E-state index contributed by atoms with van der Waals surface area (Å²) in [6.07, 6.45) is 4.23. The van der Waals surface area contributed by atoms with Crippen LogP contribution in [-0.2, 0) is 11.3 Å². The van der Waals surface area contributed by atoms with Crippen molar-refractivity contribution in [1.29, 1.82) is 0 Å². The molecule has 0 spiro atoms. The fraction of sp³-hybridized carbons (Fsp3) is 0.143. The van der Waals surface area contributed by atoms with Crippen molar-refractivity contribution in [3.05, 3.63) is 42.6 Å². The Morgan fingerprint density at radius 3 is 2.89 bits per heavy atom. The van der Waals surface area contributed by atoms with Gasteiger partial charge in [-0.15, -0.1) is 6.58 Å². The van der Waals surface area contributed by atoms with Gasteiger partial charge in [0.15, 0.2) is 6.29 Å². The monoisotopic (exact) mass is 243 g/mol. The summed E-state index contributed by atoms with van der Waals surface area (Å²) in [7, 11) is 0. The van der Waals surface area contributed by atoms with Crippen LogP contribution in [0, 0.1) is 0 Å². The third-order valence-electron chi connectivity index (χ3n) is 2.60. The van der Waals surface area contributed by atoms with Crippen LogP contribution in [0.25, 0.3) is 10.9 Å². The van der Waals surface area contributed by atoms with Crippen molar-refractivity contribution < 1.29 is 14.3 Å². The van der Waals surface area contributed by atoms with E-state index in [0.29, 0.717) is 23.2 Å². The summed E-state index contributed by atoms with van der Waals surface area (Å²) < 4.78 is 7.01. The highest BCUT2D eigenvalue weighted by atomic mass is 16.5. The number of carbonyl (C=O) groups is 2. The summed E-state index contributed by atoms with van der Waals surface area (Å²) in [4.78, 5) is 22.2. The Morgan fingerprint density at radius 1 is 1.50 bits per heavy atom. The molecule has 2 rings (SSSR count).